The second-order valence-corrected chi connectivity index (χ2v) is 9.45. The van der Waals surface area contributed by atoms with E-state index in [0.29, 0.717) is 0 Å². The van der Waals surface area contributed by atoms with E-state index in [-0.39, 0.29) is 6.04 Å². The van der Waals surface area contributed by atoms with E-state index in [9.17, 15) is 8.42 Å². The van der Waals surface area contributed by atoms with Gasteiger partial charge in [-0.25, -0.2) is 8.42 Å². The minimum Gasteiger partial charge on any atom is -0.312 e. The van der Waals surface area contributed by atoms with Crippen LogP contribution >= 0.6 is 11.3 Å². The van der Waals surface area contributed by atoms with Crippen LogP contribution in [0.15, 0.2) is 29.6 Å². The van der Waals surface area contributed by atoms with Crippen molar-refractivity contribution in [3.05, 3.63) is 35.2 Å². The lowest BCUT2D eigenvalue weighted by molar-refractivity contribution is 0.414. The second kappa shape index (κ2) is 6.07. The van der Waals surface area contributed by atoms with Gasteiger partial charge in [0.05, 0.1) is 4.75 Å². The molecule has 0 aliphatic carbocycles. The molecule has 0 amide bonds. The number of fused-ring (bicyclic) bond motifs is 1. The van der Waals surface area contributed by atoms with Crippen LogP contribution in [0.3, 0.4) is 0 Å². The lowest BCUT2D eigenvalue weighted by Gasteiger charge is -2.33. The number of benzene rings is 1. The van der Waals surface area contributed by atoms with Gasteiger partial charge in [-0.2, -0.15) is 0 Å². The zero-order chi connectivity index (χ0) is 15.7. The molecular formula is C16H23NO2S2. The molecule has 0 spiro atoms. The molecule has 0 radical (unpaired) electrons. The fourth-order valence-corrected chi connectivity index (χ4v) is 4.14. The Hall–Kier alpha value is -0.910. The average molecular weight is 325 g/mol. The van der Waals surface area contributed by atoms with E-state index in [2.05, 4.69) is 22.8 Å². The molecule has 2 aromatic rings. The fraction of sp³-hybridized carbons (Fsp3) is 0.500. The van der Waals surface area contributed by atoms with Crippen LogP contribution in [-0.4, -0.2) is 32.0 Å². The number of hydrogen-bond donors (Lipinski definition) is 1. The highest BCUT2D eigenvalue weighted by atomic mass is 32.2. The van der Waals surface area contributed by atoms with Crippen molar-refractivity contribution in [2.45, 2.75) is 38.0 Å². The predicted molar refractivity (Wildman–Crippen MR) is 91.9 cm³/mol. The third-order valence-electron chi connectivity index (χ3n) is 4.23. The lowest BCUT2D eigenvalue weighted by atomic mass is 9.95. The average Bonchev–Trinajstić information content (AvgIpc) is 2.80. The van der Waals surface area contributed by atoms with Crippen LogP contribution in [0.2, 0.25) is 0 Å². The van der Waals surface area contributed by atoms with Crippen LogP contribution in [0.1, 0.15) is 26.3 Å². The maximum atomic E-state index is 12.1. The molecule has 0 saturated carbocycles. The van der Waals surface area contributed by atoms with Gasteiger partial charge in [0.2, 0.25) is 0 Å². The summed E-state index contributed by atoms with van der Waals surface area (Å²) < 4.78 is 24.7. The van der Waals surface area contributed by atoms with E-state index in [1.807, 2.05) is 32.9 Å². The Morgan fingerprint density at radius 3 is 2.57 bits per heavy atom. The summed E-state index contributed by atoms with van der Waals surface area (Å²) in [4.78, 5) is 0. The zero-order valence-electron chi connectivity index (χ0n) is 13.0. The summed E-state index contributed by atoms with van der Waals surface area (Å²) in [7, 11) is -3.14. The largest absolute Gasteiger partial charge is 0.312 e. The molecule has 1 aromatic carbocycles. The van der Waals surface area contributed by atoms with Crippen LogP contribution in [0, 0.1) is 0 Å². The predicted octanol–water partition coefficient (Wildman–Crippen LogP) is 3.25. The minimum atomic E-state index is -3.14. The number of thiophene rings is 1. The summed E-state index contributed by atoms with van der Waals surface area (Å²) in [6.45, 7) is 6.39. The molecule has 0 fully saturated rings. The maximum absolute atomic E-state index is 12.1. The van der Waals surface area contributed by atoms with Crippen molar-refractivity contribution < 1.29 is 8.42 Å². The molecule has 1 N–H and O–H groups in total. The third kappa shape index (κ3) is 3.30. The van der Waals surface area contributed by atoms with E-state index >= 15 is 0 Å². The normalized spacial score (nSPS) is 14.5. The van der Waals surface area contributed by atoms with Crippen molar-refractivity contribution in [3.8, 4) is 0 Å². The fourth-order valence-electron chi connectivity index (χ4n) is 2.48. The highest BCUT2D eigenvalue weighted by Crippen LogP contribution is 2.30. The monoisotopic (exact) mass is 325 g/mol. The topological polar surface area (TPSA) is 46.2 Å². The second-order valence-electron chi connectivity index (χ2n) is 5.95. The summed E-state index contributed by atoms with van der Waals surface area (Å²) in [6.07, 6.45) is 2.04. The molecule has 0 aliphatic rings. The lowest BCUT2D eigenvalue weighted by Crippen LogP contribution is -2.52. The Morgan fingerprint density at radius 2 is 1.95 bits per heavy atom. The molecule has 5 heteroatoms. The van der Waals surface area contributed by atoms with Gasteiger partial charge in [0, 0.05) is 17.0 Å². The van der Waals surface area contributed by atoms with Crippen molar-refractivity contribution in [2.75, 3.05) is 12.8 Å². The summed E-state index contributed by atoms with van der Waals surface area (Å²) >= 11 is 1.71. The number of sulfone groups is 1. The van der Waals surface area contributed by atoms with E-state index in [1.54, 1.807) is 11.3 Å². The molecule has 1 aromatic heterocycles. The maximum Gasteiger partial charge on any atom is 0.154 e. The molecule has 0 saturated heterocycles. The SMILES string of the molecule is CCNC(Cc1csc2ccccc12)C(C)(C)S(C)(=O)=O. The number of rotatable bonds is 6. The highest BCUT2D eigenvalue weighted by molar-refractivity contribution is 7.92. The summed E-state index contributed by atoms with van der Waals surface area (Å²) in [5.41, 5.74) is 1.22. The summed E-state index contributed by atoms with van der Waals surface area (Å²) in [5.74, 6) is 0. The van der Waals surface area contributed by atoms with E-state index in [0.717, 1.165) is 13.0 Å². The first-order valence-corrected chi connectivity index (χ1v) is 9.92. The summed E-state index contributed by atoms with van der Waals surface area (Å²) in [5, 5.41) is 6.74. The first kappa shape index (κ1) is 16.5. The van der Waals surface area contributed by atoms with Crippen LogP contribution in [-0.2, 0) is 16.3 Å². The molecule has 2 rings (SSSR count). The molecule has 116 valence electrons. The number of nitrogens with one attached hydrogen (secondary N) is 1. The molecule has 1 atom stereocenters. The van der Waals surface area contributed by atoms with Crippen LogP contribution < -0.4 is 5.32 Å². The molecule has 0 bridgehead atoms. The first-order valence-electron chi connectivity index (χ1n) is 7.15. The van der Waals surface area contributed by atoms with Gasteiger partial charge in [-0.15, -0.1) is 11.3 Å². The summed E-state index contributed by atoms with van der Waals surface area (Å²) in [6, 6.07) is 8.17. The Morgan fingerprint density at radius 1 is 1.29 bits per heavy atom. The van der Waals surface area contributed by atoms with Gasteiger partial charge in [0.25, 0.3) is 0 Å². The Labute approximate surface area is 131 Å². The molecule has 0 aliphatic heterocycles. The van der Waals surface area contributed by atoms with Crippen molar-refractivity contribution in [1.82, 2.24) is 5.32 Å². The van der Waals surface area contributed by atoms with Crippen LogP contribution in [0.25, 0.3) is 10.1 Å². The highest BCUT2D eigenvalue weighted by Gasteiger charge is 2.38. The third-order valence-corrected chi connectivity index (χ3v) is 7.44. The Kier molecular flexibility index (Phi) is 4.76. The van der Waals surface area contributed by atoms with Gasteiger partial charge in [-0.3, -0.25) is 0 Å². The molecule has 3 nitrogen and oxygen atoms in total. The van der Waals surface area contributed by atoms with E-state index in [1.165, 1.54) is 21.9 Å². The number of hydrogen-bond acceptors (Lipinski definition) is 4. The van der Waals surface area contributed by atoms with Crippen molar-refractivity contribution in [1.29, 1.82) is 0 Å². The van der Waals surface area contributed by atoms with Crippen molar-refractivity contribution in [3.63, 3.8) is 0 Å². The van der Waals surface area contributed by atoms with Crippen molar-refractivity contribution in [2.24, 2.45) is 0 Å². The van der Waals surface area contributed by atoms with E-state index < -0.39 is 14.6 Å². The molecule has 1 heterocycles. The quantitative estimate of drug-likeness (QED) is 0.887. The van der Waals surface area contributed by atoms with Crippen LogP contribution in [0.4, 0.5) is 0 Å². The van der Waals surface area contributed by atoms with Crippen molar-refractivity contribution >= 4 is 31.3 Å². The van der Waals surface area contributed by atoms with Gasteiger partial charge in [-0.05, 0) is 49.2 Å². The van der Waals surface area contributed by atoms with Crippen LogP contribution in [0.5, 0.6) is 0 Å². The standard InChI is InChI=1S/C16H23NO2S2/c1-5-17-15(16(2,3)21(4,18)19)10-12-11-20-14-9-7-6-8-13(12)14/h6-9,11,15,17H,5,10H2,1-4H3. The van der Waals surface area contributed by atoms with Gasteiger partial charge in [0.1, 0.15) is 0 Å². The Balaban J connectivity index is 2.37. The van der Waals surface area contributed by atoms with E-state index in [4.69, 9.17) is 0 Å². The molecule has 1 unspecified atom stereocenters. The molecular weight excluding hydrogens is 302 g/mol. The van der Waals surface area contributed by atoms with Gasteiger partial charge in [0.15, 0.2) is 9.84 Å². The van der Waals surface area contributed by atoms with Gasteiger partial charge < -0.3 is 5.32 Å². The van der Waals surface area contributed by atoms with Gasteiger partial charge in [-0.1, -0.05) is 25.1 Å². The number of likely N-dealkylation sites (N-methyl/N-ethyl adjacent to an activating group) is 1. The smallest absolute Gasteiger partial charge is 0.154 e. The zero-order valence-corrected chi connectivity index (χ0v) is 14.6. The first-order chi connectivity index (χ1) is 9.77. The Bertz CT molecular complexity index is 717. The minimum absolute atomic E-state index is 0.101. The molecule has 21 heavy (non-hydrogen) atoms. The van der Waals surface area contributed by atoms with Gasteiger partial charge >= 0.3 is 0 Å².